The maximum absolute atomic E-state index is 9.98. The Bertz CT molecular complexity index is 326. The molecule has 0 aromatic rings. The summed E-state index contributed by atoms with van der Waals surface area (Å²) in [6, 6.07) is 0.700. The molecular formula is C17H33N3O. The summed E-state index contributed by atoms with van der Waals surface area (Å²) < 4.78 is 0. The lowest BCUT2D eigenvalue weighted by molar-refractivity contribution is 0.0949. The highest BCUT2D eigenvalue weighted by molar-refractivity contribution is 5.03. The van der Waals surface area contributed by atoms with Crippen molar-refractivity contribution in [1.82, 2.24) is 15.1 Å². The lowest BCUT2D eigenvalue weighted by Gasteiger charge is -2.38. The van der Waals surface area contributed by atoms with Gasteiger partial charge in [0.1, 0.15) is 0 Å². The summed E-state index contributed by atoms with van der Waals surface area (Å²) in [7, 11) is 0. The summed E-state index contributed by atoms with van der Waals surface area (Å²) in [5, 5.41) is 13.8. The Labute approximate surface area is 129 Å². The van der Waals surface area contributed by atoms with Gasteiger partial charge in [0.15, 0.2) is 0 Å². The van der Waals surface area contributed by atoms with Crippen LogP contribution in [0, 0.1) is 5.92 Å². The van der Waals surface area contributed by atoms with Crippen LogP contribution in [0.25, 0.3) is 0 Å². The lowest BCUT2D eigenvalue weighted by Crippen LogP contribution is -2.53. The highest BCUT2D eigenvalue weighted by Crippen LogP contribution is 2.40. The standard InChI is InChI=1S/C17H33N3O/c1-2-19-10-12-20(13-11-19)9-7-15-4-3-8-17(15,14-21)18-16-5-6-16/h15-16,18,21H,2-14H2,1H3. The van der Waals surface area contributed by atoms with Crippen LogP contribution in [0.2, 0.25) is 0 Å². The van der Waals surface area contributed by atoms with Crippen molar-refractivity contribution in [2.75, 3.05) is 45.9 Å². The van der Waals surface area contributed by atoms with E-state index in [0.29, 0.717) is 18.6 Å². The minimum atomic E-state index is 0.0480. The quantitative estimate of drug-likeness (QED) is 0.742. The van der Waals surface area contributed by atoms with Gasteiger partial charge in [-0.1, -0.05) is 13.3 Å². The molecule has 3 aliphatic rings. The predicted octanol–water partition coefficient (Wildman–Crippen LogP) is 1.30. The Kier molecular flexibility index (Phi) is 5.20. The Balaban J connectivity index is 1.47. The molecule has 122 valence electrons. The first-order valence-corrected chi connectivity index (χ1v) is 9.09. The van der Waals surface area contributed by atoms with Gasteiger partial charge < -0.3 is 20.2 Å². The van der Waals surface area contributed by atoms with Crippen molar-refractivity contribution in [1.29, 1.82) is 0 Å². The molecule has 2 unspecified atom stereocenters. The van der Waals surface area contributed by atoms with Crippen LogP contribution in [-0.4, -0.2) is 72.4 Å². The second-order valence-electron chi connectivity index (χ2n) is 7.39. The van der Waals surface area contributed by atoms with Crippen LogP contribution in [0.3, 0.4) is 0 Å². The van der Waals surface area contributed by atoms with Crippen LogP contribution < -0.4 is 5.32 Å². The van der Waals surface area contributed by atoms with Gasteiger partial charge in [-0.3, -0.25) is 0 Å². The van der Waals surface area contributed by atoms with E-state index in [-0.39, 0.29) is 5.54 Å². The first-order valence-electron chi connectivity index (χ1n) is 9.09. The zero-order valence-corrected chi connectivity index (χ0v) is 13.7. The van der Waals surface area contributed by atoms with Crippen LogP contribution in [-0.2, 0) is 0 Å². The van der Waals surface area contributed by atoms with Gasteiger partial charge in [-0.15, -0.1) is 0 Å². The minimum absolute atomic E-state index is 0.0480. The summed E-state index contributed by atoms with van der Waals surface area (Å²) in [4.78, 5) is 5.17. The maximum Gasteiger partial charge on any atom is 0.0616 e. The molecular weight excluding hydrogens is 262 g/mol. The van der Waals surface area contributed by atoms with Crippen molar-refractivity contribution in [3.05, 3.63) is 0 Å². The van der Waals surface area contributed by atoms with Gasteiger partial charge in [0, 0.05) is 37.8 Å². The number of nitrogens with one attached hydrogen (secondary N) is 1. The molecule has 0 aromatic carbocycles. The number of hydrogen-bond acceptors (Lipinski definition) is 4. The molecule has 1 saturated heterocycles. The van der Waals surface area contributed by atoms with Crippen LogP contribution >= 0.6 is 0 Å². The average Bonchev–Trinajstić information content (AvgIpc) is 3.25. The SMILES string of the molecule is CCN1CCN(CCC2CCCC2(CO)NC2CC2)CC1. The molecule has 0 spiro atoms. The first-order chi connectivity index (χ1) is 10.3. The fourth-order valence-electron chi connectivity index (χ4n) is 4.31. The Morgan fingerprint density at radius 1 is 1.10 bits per heavy atom. The largest absolute Gasteiger partial charge is 0.394 e. The molecule has 0 radical (unpaired) electrons. The third-order valence-corrected chi connectivity index (χ3v) is 6.01. The van der Waals surface area contributed by atoms with Gasteiger partial charge in [0.05, 0.1) is 6.61 Å². The molecule has 0 aromatic heterocycles. The van der Waals surface area contributed by atoms with E-state index < -0.39 is 0 Å². The second-order valence-corrected chi connectivity index (χ2v) is 7.39. The van der Waals surface area contributed by atoms with E-state index in [4.69, 9.17) is 0 Å². The minimum Gasteiger partial charge on any atom is -0.394 e. The summed E-state index contributed by atoms with van der Waals surface area (Å²) in [5.41, 5.74) is 0.0480. The number of hydrogen-bond donors (Lipinski definition) is 2. The van der Waals surface area contributed by atoms with E-state index in [2.05, 4.69) is 22.0 Å². The zero-order chi connectivity index (χ0) is 14.7. The van der Waals surface area contributed by atoms with E-state index in [1.54, 1.807) is 0 Å². The molecule has 21 heavy (non-hydrogen) atoms. The van der Waals surface area contributed by atoms with Gasteiger partial charge in [0.2, 0.25) is 0 Å². The number of nitrogens with zero attached hydrogens (tertiary/aromatic N) is 2. The number of aliphatic hydroxyl groups is 1. The van der Waals surface area contributed by atoms with Gasteiger partial charge in [-0.25, -0.2) is 0 Å². The van der Waals surface area contributed by atoms with Crippen molar-refractivity contribution < 1.29 is 5.11 Å². The Hall–Kier alpha value is -0.160. The fourth-order valence-corrected chi connectivity index (χ4v) is 4.31. The summed E-state index contributed by atoms with van der Waals surface area (Å²) in [6.07, 6.45) is 7.64. The third kappa shape index (κ3) is 3.79. The maximum atomic E-state index is 9.98. The molecule has 1 aliphatic heterocycles. The fraction of sp³-hybridized carbons (Fsp3) is 1.00. The highest BCUT2D eigenvalue weighted by atomic mass is 16.3. The molecule has 2 aliphatic carbocycles. The van der Waals surface area contributed by atoms with Gasteiger partial charge in [-0.05, 0) is 51.1 Å². The van der Waals surface area contributed by atoms with Crippen molar-refractivity contribution >= 4 is 0 Å². The number of likely N-dealkylation sites (N-methyl/N-ethyl adjacent to an activating group) is 1. The molecule has 2 N–H and O–H groups in total. The van der Waals surface area contributed by atoms with E-state index in [0.717, 1.165) is 0 Å². The van der Waals surface area contributed by atoms with Crippen LogP contribution in [0.15, 0.2) is 0 Å². The normalized spacial score (nSPS) is 35.4. The second kappa shape index (κ2) is 6.95. The van der Waals surface area contributed by atoms with Crippen molar-refractivity contribution in [3.8, 4) is 0 Å². The van der Waals surface area contributed by atoms with Gasteiger partial charge in [-0.2, -0.15) is 0 Å². The number of rotatable bonds is 7. The average molecular weight is 295 g/mol. The summed E-state index contributed by atoms with van der Waals surface area (Å²) in [6.45, 7) is 9.90. The lowest BCUT2D eigenvalue weighted by atomic mass is 9.85. The van der Waals surface area contributed by atoms with Crippen LogP contribution in [0.4, 0.5) is 0 Å². The van der Waals surface area contributed by atoms with Crippen molar-refractivity contribution in [2.24, 2.45) is 5.92 Å². The molecule has 0 bridgehead atoms. The smallest absolute Gasteiger partial charge is 0.0616 e. The third-order valence-electron chi connectivity index (χ3n) is 6.01. The Morgan fingerprint density at radius 3 is 2.43 bits per heavy atom. The van der Waals surface area contributed by atoms with Gasteiger partial charge in [0.25, 0.3) is 0 Å². The van der Waals surface area contributed by atoms with Crippen molar-refractivity contribution in [2.45, 2.75) is 57.0 Å². The molecule has 3 rings (SSSR count). The monoisotopic (exact) mass is 295 g/mol. The molecule has 4 nitrogen and oxygen atoms in total. The molecule has 1 heterocycles. The van der Waals surface area contributed by atoms with E-state index in [1.165, 1.54) is 77.8 Å². The first kappa shape index (κ1) is 15.7. The van der Waals surface area contributed by atoms with E-state index in [1.807, 2.05) is 0 Å². The molecule has 4 heteroatoms. The molecule has 0 amide bonds. The molecule has 3 fully saturated rings. The van der Waals surface area contributed by atoms with Crippen LogP contribution in [0.5, 0.6) is 0 Å². The van der Waals surface area contributed by atoms with Gasteiger partial charge >= 0.3 is 0 Å². The zero-order valence-electron chi connectivity index (χ0n) is 13.7. The Morgan fingerprint density at radius 2 is 1.81 bits per heavy atom. The van der Waals surface area contributed by atoms with Crippen molar-refractivity contribution in [3.63, 3.8) is 0 Å². The number of aliphatic hydroxyl groups excluding tert-OH is 1. The summed E-state index contributed by atoms with van der Waals surface area (Å²) >= 11 is 0. The highest BCUT2D eigenvalue weighted by Gasteiger charge is 2.44. The summed E-state index contributed by atoms with van der Waals surface area (Å²) in [5.74, 6) is 0.673. The molecule has 2 atom stereocenters. The molecule has 2 saturated carbocycles. The number of piperazine rings is 1. The van der Waals surface area contributed by atoms with E-state index >= 15 is 0 Å². The topological polar surface area (TPSA) is 38.7 Å². The van der Waals surface area contributed by atoms with E-state index in [9.17, 15) is 5.11 Å². The van der Waals surface area contributed by atoms with Crippen LogP contribution in [0.1, 0.15) is 45.4 Å². The predicted molar refractivity (Wildman–Crippen MR) is 86.5 cm³/mol.